The summed E-state index contributed by atoms with van der Waals surface area (Å²) in [6, 6.07) is 0.378. The lowest BCUT2D eigenvalue weighted by Gasteiger charge is -2.23. The number of nitrogens with two attached hydrogens (primary N) is 1. The maximum absolute atomic E-state index is 11.9. The third-order valence-electron chi connectivity index (χ3n) is 2.63. The molecule has 1 aromatic rings. The molecule has 7 heteroatoms. The summed E-state index contributed by atoms with van der Waals surface area (Å²) >= 11 is 3.18. The fourth-order valence-electron chi connectivity index (χ4n) is 1.62. The van der Waals surface area contributed by atoms with Crippen molar-refractivity contribution in [3.8, 4) is 0 Å². The molecule has 2 heterocycles. The van der Waals surface area contributed by atoms with E-state index in [4.69, 9.17) is 5.73 Å². The molecule has 2 N–H and O–H groups in total. The van der Waals surface area contributed by atoms with Crippen molar-refractivity contribution in [3.63, 3.8) is 0 Å². The van der Waals surface area contributed by atoms with Gasteiger partial charge in [-0.25, -0.2) is 0 Å². The second-order valence-electron chi connectivity index (χ2n) is 3.73. The molecule has 1 fully saturated rings. The van der Waals surface area contributed by atoms with Gasteiger partial charge in [0.15, 0.2) is 0 Å². The van der Waals surface area contributed by atoms with E-state index in [1.165, 1.54) is 11.3 Å². The zero-order chi connectivity index (χ0) is 11.5. The predicted molar refractivity (Wildman–Crippen MR) is 66.5 cm³/mol. The van der Waals surface area contributed by atoms with Crippen LogP contribution in [0.3, 0.4) is 0 Å². The standard InChI is InChI=1S/C9H14N4OS2/c1-13(6-2-3-15-5-6)8(14)4-7-11-12-9(10)16-7/h6H,2-5H2,1H3,(H2,10,12). The molecule has 2 rings (SSSR count). The highest BCUT2D eigenvalue weighted by Crippen LogP contribution is 2.22. The topological polar surface area (TPSA) is 72.1 Å². The monoisotopic (exact) mass is 258 g/mol. The van der Waals surface area contributed by atoms with Crippen molar-refractivity contribution >= 4 is 34.1 Å². The van der Waals surface area contributed by atoms with Gasteiger partial charge in [-0.1, -0.05) is 11.3 Å². The smallest absolute Gasteiger partial charge is 0.229 e. The summed E-state index contributed by atoms with van der Waals surface area (Å²) in [5, 5.41) is 8.67. The number of nitrogens with zero attached hydrogens (tertiary/aromatic N) is 3. The number of amides is 1. The van der Waals surface area contributed by atoms with Crippen molar-refractivity contribution in [2.75, 3.05) is 24.3 Å². The first-order valence-electron chi connectivity index (χ1n) is 5.08. The Morgan fingerprint density at radius 1 is 1.62 bits per heavy atom. The zero-order valence-corrected chi connectivity index (χ0v) is 10.7. The first-order valence-corrected chi connectivity index (χ1v) is 7.05. The molecule has 0 saturated carbocycles. The van der Waals surface area contributed by atoms with Crippen LogP contribution < -0.4 is 5.73 Å². The number of hydrogen-bond donors (Lipinski definition) is 1. The summed E-state index contributed by atoms with van der Waals surface area (Å²) in [6.07, 6.45) is 1.40. The second kappa shape index (κ2) is 5.01. The molecule has 1 amide bonds. The van der Waals surface area contributed by atoms with E-state index in [2.05, 4.69) is 10.2 Å². The van der Waals surface area contributed by atoms with Crippen LogP contribution >= 0.6 is 23.1 Å². The van der Waals surface area contributed by atoms with Crippen molar-refractivity contribution < 1.29 is 4.79 Å². The summed E-state index contributed by atoms with van der Waals surface area (Å²) in [5.41, 5.74) is 5.47. The van der Waals surface area contributed by atoms with Crippen LogP contribution in [0.2, 0.25) is 0 Å². The van der Waals surface area contributed by atoms with Gasteiger partial charge >= 0.3 is 0 Å². The van der Waals surface area contributed by atoms with Crippen LogP contribution in [0.15, 0.2) is 0 Å². The van der Waals surface area contributed by atoms with Crippen molar-refractivity contribution in [2.45, 2.75) is 18.9 Å². The van der Waals surface area contributed by atoms with E-state index in [1.807, 2.05) is 23.7 Å². The molecule has 0 aromatic carbocycles. The molecule has 16 heavy (non-hydrogen) atoms. The summed E-state index contributed by atoms with van der Waals surface area (Å²) in [7, 11) is 1.86. The summed E-state index contributed by atoms with van der Waals surface area (Å²) in [6.45, 7) is 0. The third-order valence-corrected chi connectivity index (χ3v) is 4.53. The minimum atomic E-state index is 0.101. The fourth-order valence-corrected chi connectivity index (χ4v) is 3.49. The molecule has 88 valence electrons. The molecular formula is C9H14N4OS2. The number of hydrogen-bond acceptors (Lipinski definition) is 6. The van der Waals surface area contributed by atoms with Gasteiger partial charge in [0.25, 0.3) is 0 Å². The van der Waals surface area contributed by atoms with Gasteiger partial charge in [-0.05, 0) is 12.2 Å². The Kier molecular flexibility index (Phi) is 3.65. The van der Waals surface area contributed by atoms with Gasteiger partial charge in [0, 0.05) is 18.8 Å². The molecule has 0 aliphatic carbocycles. The Labute approximate surface area is 102 Å². The Balaban J connectivity index is 1.92. The Bertz CT molecular complexity index is 375. The molecule has 1 aliphatic heterocycles. The molecule has 1 unspecified atom stereocenters. The maximum atomic E-state index is 11.9. The maximum Gasteiger partial charge on any atom is 0.229 e. The number of rotatable bonds is 3. The quantitative estimate of drug-likeness (QED) is 0.861. The first-order chi connectivity index (χ1) is 7.66. The second-order valence-corrected chi connectivity index (χ2v) is 5.98. The van der Waals surface area contributed by atoms with E-state index >= 15 is 0 Å². The van der Waals surface area contributed by atoms with Crippen molar-refractivity contribution in [1.82, 2.24) is 15.1 Å². The van der Waals surface area contributed by atoms with Gasteiger partial charge < -0.3 is 10.6 Å². The van der Waals surface area contributed by atoms with E-state index in [0.717, 1.165) is 17.9 Å². The Morgan fingerprint density at radius 2 is 2.44 bits per heavy atom. The lowest BCUT2D eigenvalue weighted by atomic mass is 10.2. The van der Waals surface area contributed by atoms with Crippen LogP contribution in [0.4, 0.5) is 5.13 Å². The van der Waals surface area contributed by atoms with Crippen LogP contribution in [0.25, 0.3) is 0 Å². The van der Waals surface area contributed by atoms with Crippen molar-refractivity contribution in [1.29, 1.82) is 0 Å². The lowest BCUT2D eigenvalue weighted by Crippen LogP contribution is -2.37. The third kappa shape index (κ3) is 2.65. The van der Waals surface area contributed by atoms with E-state index in [1.54, 1.807) is 0 Å². The van der Waals surface area contributed by atoms with Crippen LogP contribution in [0.1, 0.15) is 11.4 Å². The largest absolute Gasteiger partial charge is 0.374 e. The van der Waals surface area contributed by atoms with Crippen molar-refractivity contribution in [3.05, 3.63) is 5.01 Å². The highest BCUT2D eigenvalue weighted by Gasteiger charge is 2.24. The zero-order valence-electron chi connectivity index (χ0n) is 9.05. The lowest BCUT2D eigenvalue weighted by molar-refractivity contribution is -0.130. The highest BCUT2D eigenvalue weighted by molar-refractivity contribution is 7.99. The summed E-state index contributed by atoms with van der Waals surface area (Å²) < 4.78 is 0. The number of anilines is 1. The predicted octanol–water partition coefficient (Wildman–Crippen LogP) is 0.627. The molecule has 0 bridgehead atoms. The normalized spacial score (nSPS) is 19.9. The first kappa shape index (κ1) is 11.7. The van der Waals surface area contributed by atoms with Crippen molar-refractivity contribution in [2.24, 2.45) is 0 Å². The fraction of sp³-hybridized carbons (Fsp3) is 0.667. The summed E-state index contributed by atoms with van der Waals surface area (Å²) in [5.74, 6) is 2.29. The molecule has 1 atom stereocenters. The molecule has 5 nitrogen and oxygen atoms in total. The van der Waals surface area contributed by atoms with Crippen LogP contribution in [-0.2, 0) is 11.2 Å². The van der Waals surface area contributed by atoms with Crippen LogP contribution in [0, 0.1) is 0 Å². The van der Waals surface area contributed by atoms with E-state index in [0.29, 0.717) is 22.6 Å². The van der Waals surface area contributed by atoms with Crippen LogP contribution in [-0.4, -0.2) is 45.6 Å². The molecule has 1 saturated heterocycles. The number of aromatic nitrogens is 2. The minimum absolute atomic E-state index is 0.101. The Morgan fingerprint density at radius 3 is 3.00 bits per heavy atom. The van der Waals surface area contributed by atoms with Gasteiger partial charge in [0.1, 0.15) is 5.01 Å². The van der Waals surface area contributed by atoms with Gasteiger partial charge in [-0.2, -0.15) is 11.8 Å². The number of carbonyl (C=O) groups is 1. The summed E-state index contributed by atoms with van der Waals surface area (Å²) in [4.78, 5) is 13.8. The molecule has 1 aromatic heterocycles. The molecular weight excluding hydrogens is 244 g/mol. The Hall–Kier alpha value is -0.820. The molecule has 0 radical (unpaired) electrons. The van der Waals surface area contributed by atoms with Gasteiger partial charge in [-0.15, -0.1) is 10.2 Å². The molecule has 1 aliphatic rings. The van der Waals surface area contributed by atoms with Gasteiger partial charge in [-0.3, -0.25) is 4.79 Å². The average molecular weight is 258 g/mol. The van der Waals surface area contributed by atoms with E-state index < -0.39 is 0 Å². The highest BCUT2D eigenvalue weighted by atomic mass is 32.2. The van der Waals surface area contributed by atoms with E-state index in [9.17, 15) is 4.79 Å². The number of thioether (sulfide) groups is 1. The van der Waals surface area contributed by atoms with E-state index in [-0.39, 0.29) is 5.91 Å². The minimum Gasteiger partial charge on any atom is -0.374 e. The average Bonchev–Trinajstić information content (AvgIpc) is 2.88. The number of likely N-dealkylation sites (N-methyl/N-ethyl adjacent to an activating group) is 1. The number of nitrogen functional groups attached to an aromatic ring is 1. The van der Waals surface area contributed by atoms with Gasteiger partial charge in [0.05, 0.1) is 6.42 Å². The van der Waals surface area contributed by atoms with Gasteiger partial charge in [0.2, 0.25) is 11.0 Å². The van der Waals surface area contributed by atoms with Crippen LogP contribution in [0.5, 0.6) is 0 Å². The molecule has 0 spiro atoms. The SMILES string of the molecule is CN(C(=O)Cc1nnc(N)s1)C1CCSC1. The number of carbonyl (C=O) groups excluding carboxylic acids is 1.